The molecule has 72 valence electrons. The Kier molecular flexibility index (Phi) is 4.90. The zero-order valence-corrected chi connectivity index (χ0v) is 8.89. The molecule has 0 aromatic rings. The van der Waals surface area contributed by atoms with Gasteiger partial charge in [-0.2, -0.15) is 5.10 Å². The summed E-state index contributed by atoms with van der Waals surface area (Å²) in [5.41, 5.74) is 0.205. The topological polar surface area (TPSA) is 27.6 Å². The lowest BCUT2D eigenvalue weighted by Crippen LogP contribution is -2.39. The number of rotatable bonds is 4. The van der Waals surface area contributed by atoms with Crippen molar-refractivity contribution in [2.24, 2.45) is 5.10 Å². The lowest BCUT2D eigenvalue weighted by atomic mass is 10.1. The van der Waals surface area contributed by atoms with Crippen molar-refractivity contribution in [3.63, 3.8) is 0 Å². The standard InChI is InChI=1S/C9H21N3/c1-6-11-12(5)8-7-10-9(2,3)4/h6,10H,7-8H2,1-5H3/b11-6+. The molecular weight excluding hydrogens is 150 g/mol. The molecule has 0 aromatic heterocycles. The Bertz CT molecular complexity index is 135. The van der Waals surface area contributed by atoms with E-state index in [1.54, 1.807) is 6.21 Å². The molecule has 3 heteroatoms. The summed E-state index contributed by atoms with van der Waals surface area (Å²) in [5.74, 6) is 0. The van der Waals surface area contributed by atoms with Gasteiger partial charge in [-0.1, -0.05) is 0 Å². The van der Waals surface area contributed by atoms with Crippen LogP contribution in [0.3, 0.4) is 0 Å². The van der Waals surface area contributed by atoms with E-state index in [-0.39, 0.29) is 5.54 Å². The smallest absolute Gasteiger partial charge is 0.0482 e. The van der Waals surface area contributed by atoms with Gasteiger partial charge in [-0.25, -0.2) is 0 Å². The fraction of sp³-hybridized carbons (Fsp3) is 0.889. The molecule has 0 heterocycles. The maximum Gasteiger partial charge on any atom is 0.0482 e. The number of nitrogens with one attached hydrogen (secondary N) is 1. The summed E-state index contributed by atoms with van der Waals surface area (Å²) < 4.78 is 0. The van der Waals surface area contributed by atoms with E-state index in [9.17, 15) is 0 Å². The van der Waals surface area contributed by atoms with E-state index >= 15 is 0 Å². The van der Waals surface area contributed by atoms with E-state index in [1.807, 2.05) is 19.0 Å². The second-order valence-corrected chi connectivity index (χ2v) is 3.93. The van der Waals surface area contributed by atoms with Crippen LogP contribution in [-0.2, 0) is 0 Å². The Balaban J connectivity index is 3.43. The summed E-state index contributed by atoms with van der Waals surface area (Å²) in [5, 5.41) is 9.44. The first kappa shape index (κ1) is 11.4. The fourth-order valence-electron chi connectivity index (χ4n) is 0.848. The van der Waals surface area contributed by atoms with Crippen molar-refractivity contribution in [3.05, 3.63) is 0 Å². The van der Waals surface area contributed by atoms with Gasteiger partial charge in [-0.15, -0.1) is 0 Å². The van der Waals surface area contributed by atoms with Crippen molar-refractivity contribution in [1.29, 1.82) is 0 Å². The van der Waals surface area contributed by atoms with Crippen LogP contribution in [0.15, 0.2) is 5.10 Å². The second kappa shape index (κ2) is 5.14. The quantitative estimate of drug-likeness (QED) is 0.510. The summed E-state index contributed by atoms with van der Waals surface area (Å²) >= 11 is 0. The third-order valence-electron chi connectivity index (χ3n) is 1.40. The van der Waals surface area contributed by atoms with Gasteiger partial charge in [0, 0.05) is 31.9 Å². The van der Waals surface area contributed by atoms with Gasteiger partial charge >= 0.3 is 0 Å². The summed E-state index contributed by atoms with van der Waals surface area (Å²) in [6, 6.07) is 0. The van der Waals surface area contributed by atoms with Crippen molar-refractivity contribution in [2.45, 2.75) is 33.2 Å². The monoisotopic (exact) mass is 171 g/mol. The molecule has 0 aliphatic rings. The van der Waals surface area contributed by atoms with Crippen LogP contribution in [-0.4, -0.2) is 36.9 Å². The largest absolute Gasteiger partial charge is 0.310 e. The molecule has 0 saturated heterocycles. The molecule has 0 fully saturated rings. The number of nitrogens with zero attached hydrogens (tertiary/aromatic N) is 2. The molecule has 0 bridgehead atoms. The van der Waals surface area contributed by atoms with Crippen LogP contribution in [0, 0.1) is 0 Å². The van der Waals surface area contributed by atoms with Gasteiger partial charge in [0.2, 0.25) is 0 Å². The van der Waals surface area contributed by atoms with Gasteiger partial charge in [-0.3, -0.25) is 5.01 Å². The third-order valence-corrected chi connectivity index (χ3v) is 1.40. The highest BCUT2D eigenvalue weighted by atomic mass is 15.4. The van der Waals surface area contributed by atoms with E-state index < -0.39 is 0 Å². The molecule has 0 aliphatic carbocycles. The maximum absolute atomic E-state index is 4.11. The van der Waals surface area contributed by atoms with Gasteiger partial charge < -0.3 is 5.32 Å². The lowest BCUT2D eigenvalue weighted by molar-refractivity contribution is 0.323. The summed E-state index contributed by atoms with van der Waals surface area (Å²) in [7, 11) is 1.98. The molecule has 0 amide bonds. The Morgan fingerprint density at radius 1 is 1.42 bits per heavy atom. The van der Waals surface area contributed by atoms with E-state index in [0.717, 1.165) is 13.1 Å². The minimum absolute atomic E-state index is 0.205. The highest BCUT2D eigenvalue weighted by Crippen LogP contribution is 1.97. The molecule has 0 atom stereocenters. The first-order chi connectivity index (χ1) is 5.45. The molecule has 0 radical (unpaired) electrons. The minimum Gasteiger partial charge on any atom is -0.310 e. The number of likely N-dealkylation sites (N-methyl/N-ethyl adjacent to an activating group) is 1. The average molecular weight is 171 g/mol. The SMILES string of the molecule is C/C=N/N(C)CCNC(C)(C)C. The summed E-state index contributed by atoms with van der Waals surface area (Å²) in [4.78, 5) is 0. The van der Waals surface area contributed by atoms with Gasteiger partial charge in [0.15, 0.2) is 0 Å². The van der Waals surface area contributed by atoms with Gasteiger partial charge in [-0.05, 0) is 27.7 Å². The Morgan fingerprint density at radius 2 is 2.00 bits per heavy atom. The van der Waals surface area contributed by atoms with Crippen molar-refractivity contribution in [2.75, 3.05) is 20.1 Å². The maximum atomic E-state index is 4.11. The number of hydrogen-bond donors (Lipinski definition) is 1. The number of hydrazone groups is 1. The highest BCUT2D eigenvalue weighted by molar-refractivity contribution is 5.52. The van der Waals surface area contributed by atoms with E-state index in [1.165, 1.54) is 0 Å². The van der Waals surface area contributed by atoms with Crippen LogP contribution in [0.1, 0.15) is 27.7 Å². The predicted molar refractivity (Wildman–Crippen MR) is 54.6 cm³/mol. The Labute approximate surface area is 75.8 Å². The molecule has 0 saturated carbocycles. The van der Waals surface area contributed by atoms with Crippen molar-refractivity contribution in [1.82, 2.24) is 10.3 Å². The molecule has 12 heavy (non-hydrogen) atoms. The first-order valence-corrected chi connectivity index (χ1v) is 4.40. The minimum atomic E-state index is 0.205. The predicted octanol–water partition coefficient (Wildman–Crippen LogP) is 1.31. The van der Waals surface area contributed by atoms with Gasteiger partial charge in [0.05, 0.1) is 0 Å². The summed E-state index contributed by atoms with van der Waals surface area (Å²) in [6.07, 6.45) is 1.80. The van der Waals surface area contributed by atoms with Gasteiger partial charge in [0.25, 0.3) is 0 Å². The van der Waals surface area contributed by atoms with Crippen LogP contribution < -0.4 is 5.32 Å². The van der Waals surface area contributed by atoms with Crippen LogP contribution in [0.2, 0.25) is 0 Å². The molecule has 1 N–H and O–H groups in total. The van der Waals surface area contributed by atoms with E-state index in [2.05, 4.69) is 31.2 Å². The lowest BCUT2D eigenvalue weighted by Gasteiger charge is -2.22. The second-order valence-electron chi connectivity index (χ2n) is 3.93. The van der Waals surface area contributed by atoms with Crippen LogP contribution in [0.25, 0.3) is 0 Å². The Morgan fingerprint density at radius 3 is 2.42 bits per heavy atom. The zero-order chi connectivity index (χ0) is 9.61. The summed E-state index contributed by atoms with van der Waals surface area (Å²) in [6.45, 7) is 10.3. The van der Waals surface area contributed by atoms with Crippen LogP contribution in [0.5, 0.6) is 0 Å². The number of hydrogen-bond acceptors (Lipinski definition) is 3. The van der Waals surface area contributed by atoms with E-state index in [0.29, 0.717) is 0 Å². The zero-order valence-electron chi connectivity index (χ0n) is 8.89. The van der Waals surface area contributed by atoms with Crippen molar-refractivity contribution < 1.29 is 0 Å². The van der Waals surface area contributed by atoms with Gasteiger partial charge in [0.1, 0.15) is 0 Å². The molecule has 0 aromatic carbocycles. The molecule has 3 nitrogen and oxygen atoms in total. The van der Waals surface area contributed by atoms with Crippen LogP contribution >= 0.6 is 0 Å². The van der Waals surface area contributed by atoms with Crippen molar-refractivity contribution in [3.8, 4) is 0 Å². The molecule has 0 spiro atoms. The molecule has 0 unspecified atom stereocenters. The first-order valence-electron chi connectivity index (χ1n) is 4.40. The average Bonchev–Trinajstić information content (AvgIpc) is 1.84. The molecule has 0 rings (SSSR count). The molecular formula is C9H21N3. The normalized spacial score (nSPS) is 12.4. The Hall–Kier alpha value is -0.570. The third kappa shape index (κ3) is 7.54. The van der Waals surface area contributed by atoms with Crippen LogP contribution in [0.4, 0.5) is 0 Å². The molecule has 0 aliphatic heterocycles. The van der Waals surface area contributed by atoms with Crippen molar-refractivity contribution >= 4 is 6.21 Å². The fourth-order valence-corrected chi connectivity index (χ4v) is 0.848. The van der Waals surface area contributed by atoms with E-state index in [4.69, 9.17) is 0 Å². The highest BCUT2D eigenvalue weighted by Gasteiger charge is 2.07.